The summed E-state index contributed by atoms with van der Waals surface area (Å²) in [5.41, 5.74) is 4.08. The highest BCUT2D eigenvalue weighted by molar-refractivity contribution is 5.94. The standard InChI is InChI=1S/C18H24N4O/c1-13-10-14(2)22(20-13)12-15-4-6-16(7-5-15)18(23)21(3)17-8-9-19-11-17/h4-7,10,17,19H,8-9,11-12H2,1-3H3. The highest BCUT2D eigenvalue weighted by Crippen LogP contribution is 2.13. The van der Waals surface area contributed by atoms with Gasteiger partial charge in [0.25, 0.3) is 5.91 Å². The van der Waals surface area contributed by atoms with Crippen LogP contribution in [0.5, 0.6) is 0 Å². The van der Waals surface area contributed by atoms with Crippen LogP contribution in [0.4, 0.5) is 0 Å². The van der Waals surface area contributed by atoms with Gasteiger partial charge in [0.2, 0.25) is 0 Å². The summed E-state index contributed by atoms with van der Waals surface area (Å²) in [6, 6.07) is 10.2. The molecule has 0 spiro atoms. The molecule has 0 bridgehead atoms. The molecule has 1 aromatic carbocycles. The van der Waals surface area contributed by atoms with Crippen molar-refractivity contribution in [1.29, 1.82) is 0 Å². The van der Waals surface area contributed by atoms with Gasteiger partial charge in [-0.3, -0.25) is 9.48 Å². The molecule has 3 rings (SSSR count). The number of carbonyl (C=O) groups is 1. The molecule has 1 aliphatic rings. The second kappa shape index (κ2) is 6.54. The highest BCUT2D eigenvalue weighted by atomic mass is 16.2. The van der Waals surface area contributed by atoms with Crippen molar-refractivity contribution in [2.24, 2.45) is 0 Å². The SMILES string of the molecule is Cc1cc(C)n(Cc2ccc(C(=O)N(C)C3CCNC3)cc2)n1. The van der Waals surface area contributed by atoms with Crippen LogP contribution in [-0.2, 0) is 6.54 Å². The van der Waals surface area contributed by atoms with E-state index >= 15 is 0 Å². The van der Waals surface area contributed by atoms with E-state index < -0.39 is 0 Å². The molecule has 1 unspecified atom stereocenters. The molecule has 1 aliphatic heterocycles. The Morgan fingerprint density at radius 2 is 2.09 bits per heavy atom. The molecular formula is C18H24N4O. The minimum absolute atomic E-state index is 0.0939. The Labute approximate surface area is 137 Å². The number of likely N-dealkylation sites (N-methyl/N-ethyl adjacent to an activating group) is 1. The van der Waals surface area contributed by atoms with Crippen LogP contribution in [0.25, 0.3) is 0 Å². The number of nitrogens with zero attached hydrogens (tertiary/aromatic N) is 3. The Morgan fingerprint density at radius 3 is 2.65 bits per heavy atom. The molecule has 1 atom stereocenters. The van der Waals surface area contributed by atoms with Gasteiger partial charge in [-0.2, -0.15) is 5.10 Å². The van der Waals surface area contributed by atoms with E-state index in [4.69, 9.17) is 0 Å². The zero-order chi connectivity index (χ0) is 16.4. The normalized spacial score (nSPS) is 17.4. The first-order chi connectivity index (χ1) is 11.0. The number of aromatic nitrogens is 2. The fourth-order valence-corrected chi connectivity index (χ4v) is 3.10. The minimum Gasteiger partial charge on any atom is -0.337 e. The number of hydrogen-bond acceptors (Lipinski definition) is 3. The third-order valence-electron chi connectivity index (χ3n) is 4.54. The molecule has 1 aromatic heterocycles. The fraction of sp³-hybridized carbons (Fsp3) is 0.444. The third-order valence-corrected chi connectivity index (χ3v) is 4.54. The zero-order valence-electron chi connectivity index (χ0n) is 14.0. The monoisotopic (exact) mass is 312 g/mol. The Hall–Kier alpha value is -2.14. The van der Waals surface area contributed by atoms with Crippen LogP contribution in [0.15, 0.2) is 30.3 Å². The first-order valence-electron chi connectivity index (χ1n) is 8.12. The molecule has 2 heterocycles. The third kappa shape index (κ3) is 3.45. The highest BCUT2D eigenvalue weighted by Gasteiger charge is 2.23. The van der Waals surface area contributed by atoms with E-state index in [1.807, 2.05) is 47.8 Å². The van der Waals surface area contributed by atoms with Crippen molar-refractivity contribution in [1.82, 2.24) is 20.0 Å². The van der Waals surface area contributed by atoms with Crippen LogP contribution in [-0.4, -0.2) is 46.8 Å². The van der Waals surface area contributed by atoms with Crippen molar-refractivity contribution in [2.75, 3.05) is 20.1 Å². The van der Waals surface area contributed by atoms with Gasteiger partial charge < -0.3 is 10.2 Å². The number of carbonyl (C=O) groups excluding carboxylic acids is 1. The lowest BCUT2D eigenvalue weighted by atomic mass is 10.1. The molecule has 0 aliphatic carbocycles. The lowest BCUT2D eigenvalue weighted by Gasteiger charge is -2.23. The molecule has 1 saturated heterocycles. The summed E-state index contributed by atoms with van der Waals surface area (Å²) < 4.78 is 1.99. The van der Waals surface area contributed by atoms with Gasteiger partial charge in [-0.25, -0.2) is 0 Å². The minimum atomic E-state index is 0.0939. The van der Waals surface area contributed by atoms with Crippen molar-refractivity contribution in [3.8, 4) is 0 Å². The summed E-state index contributed by atoms with van der Waals surface area (Å²) in [6.07, 6.45) is 1.03. The van der Waals surface area contributed by atoms with Crippen LogP contribution in [0.3, 0.4) is 0 Å². The molecular weight excluding hydrogens is 288 g/mol. The quantitative estimate of drug-likeness (QED) is 0.939. The van der Waals surface area contributed by atoms with Gasteiger partial charge in [0.05, 0.1) is 12.2 Å². The van der Waals surface area contributed by atoms with Gasteiger partial charge in [-0.1, -0.05) is 12.1 Å². The van der Waals surface area contributed by atoms with Gasteiger partial charge in [0.15, 0.2) is 0 Å². The van der Waals surface area contributed by atoms with Crippen LogP contribution in [0, 0.1) is 13.8 Å². The van der Waals surface area contributed by atoms with Crippen molar-refractivity contribution in [3.63, 3.8) is 0 Å². The molecule has 5 heteroatoms. The zero-order valence-corrected chi connectivity index (χ0v) is 14.0. The number of benzene rings is 1. The summed E-state index contributed by atoms with van der Waals surface area (Å²) in [4.78, 5) is 14.4. The second-order valence-electron chi connectivity index (χ2n) is 6.34. The topological polar surface area (TPSA) is 50.2 Å². The molecule has 1 N–H and O–H groups in total. The maximum Gasteiger partial charge on any atom is 0.253 e. The van der Waals surface area contributed by atoms with Gasteiger partial charge in [-0.05, 0) is 50.6 Å². The number of rotatable bonds is 4. The van der Waals surface area contributed by atoms with Gasteiger partial charge >= 0.3 is 0 Å². The van der Waals surface area contributed by atoms with Gasteiger partial charge in [0, 0.05) is 30.9 Å². The summed E-state index contributed by atoms with van der Waals surface area (Å²) in [7, 11) is 1.89. The molecule has 5 nitrogen and oxygen atoms in total. The predicted molar refractivity (Wildman–Crippen MR) is 90.6 cm³/mol. The smallest absolute Gasteiger partial charge is 0.253 e. The van der Waals surface area contributed by atoms with E-state index in [1.165, 1.54) is 0 Å². The Bertz CT molecular complexity index is 684. The first kappa shape index (κ1) is 15.7. The van der Waals surface area contributed by atoms with Gasteiger partial charge in [0.1, 0.15) is 0 Å². The molecule has 0 radical (unpaired) electrons. The summed E-state index contributed by atoms with van der Waals surface area (Å²) in [5, 5.41) is 7.78. The van der Waals surface area contributed by atoms with Crippen molar-refractivity contribution < 1.29 is 4.79 Å². The number of aryl methyl sites for hydroxylation is 2. The van der Waals surface area contributed by atoms with Crippen LogP contribution in [0.2, 0.25) is 0 Å². The summed E-state index contributed by atoms with van der Waals surface area (Å²) in [6.45, 7) is 6.67. The molecule has 1 amide bonds. The van der Waals surface area contributed by atoms with E-state index in [0.29, 0.717) is 6.04 Å². The predicted octanol–water partition coefficient (Wildman–Crippen LogP) is 1.98. The van der Waals surface area contributed by atoms with Crippen LogP contribution in [0.1, 0.15) is 33.7 Å². The van der Waals surface area contributed by atoms with Crippen molar-refractivity contribution >= 4 is 5.91 Å². The second-order valence-corrected chi connectivity index (χ2v) is 6.34. The van der Waals surface area contributed by atoms with E-state index in [-0.39, 0.29) is 5.91 Å². The van der Waals surface area contributed by atoms with Gasteiger partial charge in [-0.15, -0.1) is 0 Å². The van der Waals surface area contributed by atoms with E-state index in [0.717, 1.165) is 48.6 Å². The molecule has 23 heavy (non-hydrogen) atoms. The Morgan fingerprint density at radius 1 is 1.35 bits per heavy atom. The molecule has 0 saturated carbocycles. The lowest BCUT2D eigenvalue weighted by molar-refractivity contribution is 0.0744. The average molecular weight is 312 g/mol. The largest absolute Gasteiger partial charge is 0.337 e. The maximum absolute atomic E-state index is 12.5. The van der Waals surface area contributed by atoms with Crippen molar-refractivity contribution in [3.05, 3.63) is 52.8 Å². The maximum atomic E-state index is 12.5. The first-order valence-corrected chi connectivity index (χ1v) is 8.12. The van der Waals surface area contributed by atoms with Crippen LogP contribution >= 0.6 is 0 Å². The average Bonchev–Trinajstić information content (AvgIpc) is 3.17. The van der Waals surface area contributed by atoms with Crippen LogP contribution < -0.4 is 5.32 Å². The number of nitrogens with one attached hydrogen (secondary N) is 1. The van der Waals surface area contributed by atoms with E-state index in [9.17, 15) is 4.79 Å². The molecule has 1 fully saturated rings. The lowest BCUT2D eigenvalue weighted by Crippen LogP contribution is -2.38. The van der Waals surface area contributed by atoms with E-state index in [2.05, 4.69) is 23.4 Å². The van der Waals surface area contributed by atoms with E-state index in [1.54, 1.807) is 0 Å². The number of hydrogen-bond donors (Lipinski definition) is 1. The Kier molecular flexibility index (Phi) is 4.48. The summed E-state index contributed by atoms with van der Waals surface area (Å²) >= 11 is 0. The summed E-state index contributed by atoms with van der Waals surface area (Å²) in [5.74, 6) is 0.0939. The Balaban J connectivity index is 1.69. The van der Waals surface area contributed by atoms with Crippen molar-refractivity contribution in [2.45, 2.75) is 32.9 Å². The number of amides is 1. The molecule has 122 valence electrons. The fourth-order valence-electron chi connectivity index (χ4n) is 3.10. The molecule has 2 aromatic rings.